The second-order valence-corrected chi connectivity index (χ2v) is 2.86. The van der Waals surface area contributed by atoms with Crippen molar-refractivity contribution in [2.75, 3.05) is 0 Å². The van der Waals surface area contributed by atoms with Crippen molar-refractivity contribution < 1.29 is 4.74 Å². The maximum atomic E-state index is 5.47. The highest BCUT2D eigenvalue weighted by Crippen LogP contribution is 2.03. The Morgan fingerprint density at radius 1 is 1.75 bits per heavy atom. The highest BCUT2D eigenvalue weighted by atomic mass is 16.5. The van der Waals surface area contributed by atoms with Crippen molar-refractivity contribution in [2.24, 2.45) is 0 Å². The van der Waals surface area contributed by atoms with Crippen LogP contribution in [0.1, 0.15) is 13.8 Å². The van der Waals surface area contributed by atoms with E-state index in [0.717, 1.165) is 5.57 Å². The molecule has 0 bridgehead atoms. The van der Waals surface area contributed by atoms with Crippen LogP contribution in [0.15, 0.2) is 30.9 Å². The van der Waals surface area contributed by atoms with Crippen LogP contribution in [-0.2, 0) is 11.5 Å². The van der Waals surface area contributed by atoms with Crippen LogP contribution in [0, 0.1) is 0 Å². The minimum Gasteiger partial charge on any atom is -0.353 e. The summed E-state index contributed by atoms with van der Waals surface area (Å²) < 4.78 is 7.35. The number of hydrogen-bond acceptors (Lipinski definition) is 2. The summed E-state index contributed by atoms with van der Waals surface area (Å²) in [5.41, 5.74) is 1.04. The van der Waals surface area contributed by atoms with Crippen LogP contribution in [-0.4, -0.2) is 15.7 Å². The average molecular weight is 166 g/mol. The molecule has 12 heavy (non-hydrogen) atoms. The van der Waals surface area contributed by atoms with E-state index >= 15 is 0 Å². The standard InChI is InChI=1S/C9H14N2O/c1-8(2)9(3)12-7-11-5-4-10-6-11/h4-6,9H,1,7H2,2-3H3. The molecular weight excluding hydrogens is 152 g/mol. The lowest BCUT2D eigenvalue weighted by Crippen LogP contribution is -2.11. The Hall–Kier alpha value is -1.09. The Labute approximate surface area is 72.7 Å². The van der Waals surface area contributed by atoms with Crippen molar-refractivity contribution >= 4 is 0 Å². The number of imidazole rings is 1. The van der Waals surface area contributed by atoms with Crippen LogP contribution in [0.4, 0.5) is 0 Å². The van der Waals surface area contributed by atoms with Gasteiger partial charge in [0, 0.05) is 12.4 Å². The Balaban J connectivity index is 2.31. The molecule has 0 aliphatic heterocycles. The van der Waals surface area contributed by atoms with Gasteiger partial charge in [0.2, 0.25) is 0 Å². The van der Waals surface area contributed by atoms with Crippen LogP contribution >= 0.6 is 0 Å². The summed E-state index contributed by atoms with van der Waals surface area (Å²) in [5.74, 6) is 0. The molecule has 1 rings (SSSR count). The van der Waals surface area contributed by atoms with E-state index in [-0.39, 0.29) is 6.10 Å². The SMILES string of the molecule is C=C(C)C(C)OCn1ccnc1. The molecule has 1 heterocycles. The molecule has 0 spiro atoms. The third-order valence-electron chi connectivity index (χ3n) is 1.73. The van der Waals surface area contributed by atoms with E-state index in [1.54, 1.807) is 12.5 Å². The van der Waals surface area contributed by atoms with Gasteiger partial charge >= 0.3 is 0 Å². The second kappa shape index (κ2) is 4.07. The zero-order chi connectivity index (χ0) is 8.97. The van der Waals surface area contributed by atoms with Crippen LogP contribution in [0.3, 0.4) is 0 Å². The summed E-state index contributed by atoms with van der Waals surface area (Å²) in [6.45, 7) is 8.28. The van der Waals surface area contributed by atoms with E-state index in [1.807, 2.05) is 24.6 Å². The normalized spacial score (nSPS) is 12.8. The van der Waals surface area contributed by atoms with Gasteiger partial charge in [-0.25, -0.2) is 4.98 Å². The van der Waals surface area contributed by atoms with Gasteiger partial charge in [0.1, 0.15) is 6.73 Å². The van der Waals surface area contributed by atoms with Crippen LogP contribution < -0.4 is 0 Å². The molecule has 0 radical (unpaired) electrons. The first-order valence-electron chi connectivity index (χ1n) is 3.93. The van der Waals surface area contributed by atoms with E-state index in [9.17, 15) is 0 Å². The highest BCUT2D eigenvalue weighted by Gasteiger charge is 2.01. The topological polar surface area (TPSA) is 27.1 Å². The third kappa shape index (κ3) is 2.51. The predicted molar refractivity (Wildman–Crippen MR) is 47.6 cm³/mol. The fraction of sp³-hybridized carbons (Fsp3) is 0.444. The van der Waals surface area contributed by atoms with Gasteiger partial charge in [0.05, 0.1) is 12.4 Å². The summed E-state index contributed by atoms with van der Waals surface area (Å²) in [6.07, 6.45) is 5.43. The summed E-state index contributed by atoms with van der Waals surface area (Å²) in [7, 11) is 0. The molecule has 0 aromatic carbocycles. The molecule has 1 aromatic rings. The van der Waals surface area contributed by atoms with E-state index in [4.69, 9.17) is 4.74 Å². The molecule has 0 saturated heterocycles. The molecule has 0 fully saturated rings. The van der Waals surface area contributed by atoms with Crippen molar-refractivity contribution in [1.29, 1.82) is 0 Å². The quantitative estimate of drug-likeness (QED) is 0.638. The van der Waals surface area contributed by atoms with Gasteiger partial charge in [-0.2, -0.15) is 0 Å². The zero-order valence-corrected chi connectivity index (χ0v) is 7.53. The number of hydrogen-bond donors (Lipinski definition) is 0. The van der Waals surface area contributed by atoms with Crippen LogP contribution in [0.5, 0.6) is 0 Å². The van der Waals surface area contributed by atoms with E-state index < -0.39 is 0 Å². The number of aromatic nitrogens is 2. The second-order valence-electron chi connectivity index (χ2n) is 2.86. The molecule has 3 heteroatoms. The van der Waals surface area contributed by atoms with Crippen molar-refractivity contribution in [1.82, 2.24) is 9.55 Å². The van der Waals surface area contributed by atoms with E-state index in [2.05, 4.69) is 11.6 Å². The molecule has 66 valence electrons. The molecule has 0 N–H and O–H groups in total. The Kier molecular flexibility index (Phi) is 3.05. The van der Waals surface area contributed by atoms with Crippen molar-refractivity contribution in [3.8, 4) is 0 Å². The van der Waals surface area contributed by atoms with Crippen LogP contribution in [0.2, 0.25) is 0 Å². The first-order valence-corrected chi connectivity index (χ1v) is 3.93. The molecular formula is C9H14N2O. The molecule has 1 unspecified atom stereocenters. The van der Waals surface area contributed by atoms with E-state index in [0.29, 0.717) is 6.73 Å². The predicted octanol–water partition coefficient (Wildman–Crippen LogP) is 1.82. The van der Waals surface area contributed by atoms with Crippen LogP contribution in [0.25, 0.3) is 0 Å². The summed E-state index contributed by atoms with van der Waals surface area (Å²) in [5, 5.41) is 0. The highest BCUT2D eigenvalue weighted by molar-refractivity contribution is 4.94. The number of rotatable bonds is 4. The fourth-order valence-corrected chi connectivity index (χ4v) is 0.703. The molecule has 0 saturated carbocycles. The maximum absolute atomic E-state index is 5.47. The first-order chi connectivity index (χ1) is 5.70. The van der Waals surface area contributed by atoms with Gasteiger partial charge in [-0.05, 0) is 13.8 Å². The van der Waals surface area contributed by atoms with Gasteiger partial charge < -0.3 is 9.30 Å². The van der Waals surface area contributed by atoms with Gasteiger partial charge in [-0.1, -0.05) is 12.2 Å². The van der Waals surface area contributed by atoms with Gasteiger partial charge in [-0.15, -0.1) is 0 Å². The fourth-order valence-electron chi connectivity index (χ4n) is 0.703. The molecule has 0 aliphatic carbocycles. The smallest absolute Gasteiger partial charge is 0.124 e. The van der Waals surface area contributed by atoms with E-state index in [1.165, 1.54) is 0 Å². The Morgan fingerprint density at radius 2 is 2.50 bits per heavy atom. The number of nitrogens with zero attached hydrogens (tertiary/aromatic N) is 2. The van der Waals surface area contributed by atoms with Crippen molar-refractivity contribution in [2.45, 2.75) is 26.7 Å². The zero-order valence-electron chi connectivity index (χ0n) is 7.53. The Bertz CT molecular complexity index is 241. The maximum Gasteiger partial charge on any atom is 0.124 e. The molecule has 3 nitrogen and oxygen atoms in total. The van der Waals surface area contributed by atoms with Gasteiger partial charge in [0.25, 0.3) is 0 Å². The lowest BCUT2D eigenvalue weighted by molar-refractivity contribution is 0.0384. The van der Waals surface area contributed by atoms with Gasteiger partial charge in [-0.3, -0.25) is 0 Å². The largest absolute Gasteiger partial charge is 0.353 e. The van der Waals surface area contributed by atoms with Crippen molar-refractivity contribution in [3.05, 3.63) is 30.9 Å². The summed E-state index contributed by atoms with van der Waals surface area (Å²) >= 11 is 0. The summed E-state index contributed by atoms with van der Waals surface area (Å²) in [4.78, 5) is 3.91. The molecule has 0 amide bonds. The van der Waals surface area contributed by atoms with Gasteiger partial charge in [0.15, 0.2) is 0 Å². The lowest BCUT2D eigenvalue weighted by Gasteiger charge is -2.12. The lowest BCUT2D eigenvalue weighted by atomic mass is 10.2. The minimum atomic E-state index is 0.104. The molecule has 0 aliphatic rings. The molecule has 1 atom stereocenters. The third-order valence-corrected chi connectivity index (χ3v) is 1.73. The Morgan fingerprint density at radius 3 is 3.00 bits per heavy atom. The summed E-state index contributed by atoms with van der Waals surface area (Å²) in [6, 6.07) is 0. The minimum absolute atomic E-state index is 0.104. The molecule has 1 aromatic heterocycles. The van der Waals surface area contributed by atoms with Crippen molar-refractivity contribution in [3.63, 3.8) is 0 Å². The monoisotopic (exact) mass is 166 g/mol. The number of ether oxygens (including phenoxy) is 1. The average Bonchev–Trinajstić information content (AvgIpc) is 2.51. The first kappa shape index (κ1) is 9.00.